The van der Waals surface area contributed by atoms with Crippen LogP contribution in [0.5, 0.6) is 0 Å². The van der Waals surface area contributed by atoms with E-state index in [9.17, 15) is 13.6 Å². The van der Waals surface area contributed by atoms with Crippen molar-refractivity contribution in [2.45, 2.75) is 13.0 Å². The fraction of sp³-hybridized carbons (Fsp3) is 0.188. The van der Waals surface area contributed by atoms with Crippen LogP contribution in [-0.4, -0.2) is 13.0 Å². The highest BCUT2D eigenvalue weighted by Crippen LogP contribution is 2.17. The zero-order valence-electron chi connectivity index (χ0n) is 11.8. The lowest BCUT2D eigenvalue weighted by atomic mass is 10.1. The molecule has 1 atom stereocenters. The molecule has 0 fully saturated rings. The highest BCUT2D eigenvalue weighted by Gasteiger charge is 2.15. The maximum absolute atomic E-state index is 13.5. The number of carbonyl (C=O) groups excluding carboxylic acids is 1. The van der Waals surface area contributed by atoms with Crippen LogP contribution >= 0.6 is 0 Å². The van der Waals surface area contributed by atoms with Gasteiger partial charge in [0.25, 0.3) is 5.91 Å². The maximum Gasteiger partial charge on any atom is 0.258 e. The number of rotatable bonds is 4. The molecule has 110 valence electrons. The summed E-state index contributed by atoms with van der Waals surface area (Å²) in [5, 5.41) is 5.65. The summed E-state index contributed by atoms with van der Waals surface area (Å²) in [6.45, 7) is 2.01. The Kier molecular flexibility index (Phi) is 4.65. The molecule has 2 N–H and O–H groups in total. The van der Waals surface area contributed by atoms with Crippen molar-refractivity contribution in [3.05, 3.63) is 65.2 Å². The molecule has 3 nitrogen and oxygen atoms in total. The third-order valence-corrected chi connectivity index (χ3v) is 3.30. The van der Waals surface area contributed by atoms with Gasteiger partial charge >= 0.3 is 0 Å². The second kappa shape index (κ2) is 6.45. The third kappa shape index (κ3) is 3.44. The van der Waals surface area contributed by atoms with Gasteiger partial charge in [0, 0.05) is 11.7 Å². The van der Waals surface area contributed by atoms with Gasteiger partial charge in [0.05, 0.1) is 5.56 Å². The first-order valence-electron chi connectivity index (χ1n) is 6.55. The minimum atomic E-state index is -1.14. The van der Waals surface area contributed by atoms with E-state index in [1.807, 2.05) is 26.1 Å². The minimum absolute atomic E-state index is 0.190. The Bertz CT molecular complexity index is 641. The quantitative estimate of drug-likeness (QED) is 0.905. The Hall–Kier alpha value is -2.27. The molecular weight excluding hydrogens is 274 g/mol. The summed E-state index contributed by atoms with van der Waals surface area (Å²) in [7, 11) is 1.85. The average molecular weight is 290 g/mol. The highest BCUT2D eigenvalue weighted by atomic mass is 19.2. The molecule has 1 unspecified atom stereocenters. The maximum atomic E-state index is 13.5. The van der Waals surface area contributed by atoms with Crippen molar-refractivity contribution >= 4 is 11.6 Å². The van der Waals surface area contributed by atoms with Gasteiger partial charge in [-0.2, -0.15) is 0 Å². The van der Waals surface area contributed by atoms with Gasteiger partial charge in [-0.05, 0) is 43.8 Å². The summed E-state index contributed by atoms with van der Waals surface area (Å²) in [5.41, 5.74) is 1.27. The van der Waals surface area contributed by atoms with Crippen LogP contribution in [-0.2, 0) is 0 Å². The Balaban J connectivity index is 2.14. The minimum Gasteiger partial charge on any atom is -0.322 e. The number of hydrogen-bond donors (Lipinski definition) is 2. The van der Waals surface area contributed by atoms with Crippen LogP contribution in [0.3, 0.4) is 0 Å². The Morgan fingerprint density at radius 1 is 1.10 bits per heavy atom. The van der Waals surface area contributed by atoms with Crippen molar-refractivity contribution in [2.75, 3.05) is 12.4 Å². The lowest BCUT2D eigenvalue weighted by molar-refractivity contribution is 0.102. The molecule has 0 bridgehead atoms. The molecule has 5 heteroatoms. The molecule has 0 aliphatic heterocycles. The number of halogens is 2. The van der Waals surface area contributed by atoms with Crippen LogP contribution in [0.2, 0.25) is 0 Å². The Morgan fingerprint density at radius 2 is 1.76 bits per heavy atom. The molecule has 2 rings (SSSR count). The molecule has 1 amide bonds. The second-order valence-corrected chi connectivity index (χ2v) is 4.69. The number of hydrogen-bond acceptors (Lipinski definition) is 2. The van der Waals surface area contributed by atoms with E-state index in [4.69, 9.17) is 0 Å². The lowest BCUT2D eigenvalue weighted by Crippen LogP contribution is -2.15. The van der Waals surface area contributed by atoms with E-state index in [1.54, 1.807) is 12.1 Å². The van der Waals surface area contributed by atoms with Crippen molar-refractivity contribution < 1.29 is 13.6 Å². The first kappa shape index (κ1) is 15.1. The van der Waals surface area contributed by atoms with Crippen LogP contribution in [0.15, 0.2) is 42.5 Å². The molecule has 2 aromatic carbocycles. The van der Waals surface area contributed by atoms with Crippen LogP contribution < -0.4 is 10.6 Å². The van der Waals surface area contributed by atoms with Crippen LogP contribution in [0.25, 0.3) is 0 Å². The second-order valence-electron chi connectivity index (χ2n) is 4.69. The molecule has 0 radical (unpaired) electrons. The summed E-state index contributed by atoms with van der Waals surface area (Å²) in [4.78, 5) is 11.9. The molecule has 0 spiro atoms. The van der Waals surface area contributed by atoms with Gasteiger partial charge in [-0.15, -0.1) is 0 Å². The van der Waals surface area contributed by atoms with Gasteiger partial charge in [0.15, 0.2) is 11.6 Å². The first-order valence-corrected chi connectivity index (χ1v) is 6.55. The normalized spacial score (nSPS) is 12.0. The Labute approximate surface area is 122 Å². The van der Waals surface area contributed by atoms with E-state index in [0.29, 0.717) is 5.69 Å². The average Bonchev–Trinajstić information content (AvgIpc) is 2.50. The molecule has 0 heterocycles. The van der Waals surface area contributed by atoms with E-state index >= 15 is 0 Å². The van der Waals surface area contributed by atoms with Gasteiger partial charge in [-0.1, -0.05) is 18.2 Å². The topological polar surface area (TPSA) is 41.1 Å². The Morgan fingerprint density at radius 3 is 2.38 bits per heavy atom. The SMILES string of the molecule is CNC(C)c1ccc(NC(=O)c2cccc(F)c2F)cc1. The number of amides is 1. The fourth-order valence-corrected chi connectivity index (χ4v) is 1.90. The van der Waals surface area contributed by atoms with Crippen molar-refractivity contribution in [3.8, 4) is 0 Å². The van der Waals surface area contributed by atoms with Crippen LogP contribution in [0.4, 0.5) is 14.5 Å². The first-order chi connectivity index (χ1) is 10.0. The summed E-state index contributed by atoms with van der Waals surface area (Å²) in [6.07, 6.45) is 0. The van der Waals surface area contributed by atoms with Crippen LogP contribution in [0.1, 0.15) is 28.9 Å². The number of benzene rings is 2. The van der Waals surface area contributed by atoms with E-state index in [1.165, 1.54) is 12.1 Å². The molecule has 0 saturated heterocycles. The number of nitrogens with one attached hydrogen (secondary N) is 2. The summed E-state index contributed by atoms with van der Waals surface area (Å²) >= 11 is 0. The third-order valence-electron chi connectivity index (χ3n) is 3.30. The summed E-state index contributed by atoms with van der Waals surface area (Å²) < 4.78 is 26.6. The van der Waals surface area contributed by atoms with E-state index in [2.05, 4.69) is 10.6 Å². The van der Waals surface area contributed by atoms with Crippen molar-refractivity contribution in [1.82, 2.24) is 5.32 Å². The summed E-state index contributed by atoms with van der Waals surface area (Å²) in [6, 6.07) is 10.9. The van der Waals surface area contributed by atoms with E-state index in [0.717, 1.165) is 11.6 Å². The van der Waals surface area contributed by atoms with Crippen molar-refractivity contribution in [3.63, 3.8) is 0 Å². The van der Waals surface area contributed by atoms with Gasteiger partial charge in [0.2, 0.25) is 0 Å². The van der Waals surface area contributed by atoms with Gasteiger partial charge in [0.1, 0.15) is 0 Å². The molecule has 0 aliphatic carbocycles. The monoisotopic (exact) mass is 290 g/mol. The molecule has 0 aromatic heterocycles. The molecule has 0 saturated carbocycles. The predicted molar refractivity (Wildman–Crippen MR) is 78.2 cm³/mol. The zero-order valence-corrected chi connectivity index (χ0v) is 11.8. The molecular formula is C16H16F2N2O. The molecule has 21 heavy (non-hydrogen) atoms. The lowest BCUT2D eigenvalue weighted by Gasteiger charge is -2.12. The van der Waals surface area contributed by atoms with Gasteiger partial charge < -0.3 is 10.6 Å². The van der Waals surface area contributed by atoms with Crippen molar-refractivity contribution in [1.29, 1.82) is 0 Å². The summed E-state index contributed by atoms with van der Waals surface area (Å²) in [5.74, 6) is -2.86. The van der Waals surface area contributed by atoms with Gasteiger partial charge in [-0.25, -0.2) is 8.78 Å². The standard InChI is InChI=1S/C16H16F2N2O/c1-10(19-2)11-6-8-12(9-7-11)20-16(21)13-4-3-5-14(17)15(13)18/h3-10,19H,1-2H3,(H,20,21). The molecule has 0 aliphatic rings. The number of anilines is 1. The predicted octanol–water partition coefficient (Wildman–Crippen LogP) is 3.50. The smallest absolute Gasteiger partial charge is 0.258 e. The molecule has 2 aromatic rings. The van der Waals surface area contributed by atoms with Gasteiger partial charge in [-0.3, -0.25) is 4.79 Å². The fourth-order valence-electron chi connectivity index (χ4n) is 1.90. The van der Waals surface area contributed by atoms with E-state index in [-0.39, 0.29) is 11.6 Å². The largest absolute Gasteiger partial charge is 0.322 e. The van der Waals surface area contributed by atoms with E-state index < -0.39 is 17.5 Å². The van der Waals surface area contributed by atoms with Crippen LogP contribution in [0, 0.1) is 11.6 Å². The van der Waals surface area contributed by atoms with Crippen molar-refractivity contribution in [2.24, 2.45) is 0 Å². The zero-order chi connectivity index (χ0) is 15.4. The highest BCUT2D eigenvalue weighted by molar-refractivity contribution is 6.04. The number of carbonyl (C=O) groups is 1.